The summed E-state index contributed by atoms with van der Waals surface area (Å²) in [6.07, 6.45) is 6.35. The maximum absolute atomic E-state index is 12.1. The molecule has 4 nitrogen and oxygen atoms in total. The molecule has 0 aromatic carbocycles. The Morgan fingerprint density at radius 1 is 1.44 bits per heavy atom. The molecule has 1 saturated carbocycles. The molecule has 2 atom stereocenters. The third-order valence-corrected chi connectivity index (χ3v) is 5.18. The molecule has 18 heavy (non-hydrogen) atoms. The van der Waals surface area contributed by atoms with Crippen molar-refractivity contribution in [2.24, 2.45) is 11.8 Å². The lowest BCUT2D eigenvalue weighted by atomic mass is 10.1. The molecule has 0 spiro atoms. The highest BCUT2D eigenvalue weighted by atomic mass is 79.9. The molecule has 0 saturated heterocycles. The molecule has 1 aliphatic carbocycles. The monoisotopic (exact) mass is 332 g/mol. The van der Waals surface area contributed by atoms with E-state index in [1.807, 2.05) is 0 Å². The van der Waals surface area contributed by atoms with E-state index in [4.69, 9.17) is 0 Å². The fourth-order valence-corrected chi connectivity index (χ4v) is 3.98. The van der Waals surface area contributed by atoms with Crippen LogP contribution >= 0.6 is 15.9 Å². The summed E-state index contributed by atoms with van der Waals surface area (Å²) in [7, 11) is -3.43. The third-order valence-electron chi connectivity index (χ3n) is 3.36. The Morgan fingerprint density at radius 3 is 2.83 bits per heavy atom. The van der Waals surface area contributed by atoms with Gasteiger partial charge in [-0.15, -0.1) is 0 Å². The predicted molar refractivity (Wildman–Crippen MR) is 73.6 cm³/mol. The van der Waals surface area contributed by atoms with Gasteiger partial charge in [0.15, 0.2) is 0 Å². The van der Waals surface area contributed by atoms with E-state index >= 15 is 0 Å². The van der Waals surface area contributed by atoms with E-state index in [-0.39, 0.29) is 4.90 Å². The lowest BCUT2D eigenvalue weighted by molar-refractivity contribution is 0.498. The predicted octanol–water partition coefficient (Wildman–Crippen LogP) is 2.56. The van der Waals surface area contributed by atoms with Crippen LogP contribution in [0.1, 0.15) is 26.2 Å². The lowest BCUT2D eigenvalue weighted by Crippen LogP contribution is -2.28. The molecule has 1 aromatic heterocycles. The lowest BCUT2D eigenvalue weighted by Gasteiger charge is -2.11. The van der Waals surface area contributed by atoms with Gasteiger partial charge in [-0.1, -0.05) is 13.3 Å². The van der Waals surface area contributed by atoms with E-state index in [9.17, 15) is 8.42 Å². The number of halogens is 1. The number of nitrogens with one attached hydrogen (secondary N) is 1. The molecule has 2 unspecified atom stereocenters. The zero-order valence-corrected chi connectivity index (χ0v) is 12.7. The first-order valence-corrected chi connectivity index (χ1v) is 8.35. The third kappa shape index (κ3) is 3.52. The van der Waals surface area contributed by atoms with Crippen LogP contribution in [0.4, 0.5) is 0 Å². The quantitative estimate of drug-likeness (QED) is 0.921. The van der Waals surface area contributed by atoms with Crippen molar-refractivity contribution in [2.75, 3.05) is 6.54 Å². The van der Waals surface area contributed by atoms with Crippen LogP contribution in [0.2, 0.25) is 0 Å². The van der Waals surface area contributed by atoms with Crippen molar-refractivity contribution in [2.45, 2.75) is 31.1 Å². The Labute approximate surface area is 116 Å². The van der Waals surface area contributed by atoms with Crippen LogP contribution in [-0.2, 0) is 10.0 Å². The van der Waals surface area contributed by atoms with Gasteiger partial charge in [-0.05, 0) is 46.7 Å². The molecule has 1 N–H and O–H groups in total. The minimum Gasteiger partial charge on any atom is -0.262 e. The molecule has 6 heteroatoms. The van der Waals surface area contributed by atoms with Crippen LogP contribution in [0.25, 0.3) is 0 Å². The second-order valence-electron chi connectivity index (χ2n) is 4.98. The van der Waals surface area contributed by atoms with Crippen LogP contribution in [0, 0.1) is 11.8 Å². The first-order chi connectivity index (χ1) is 8.47. The number of hydrogen-bond acceptors (Lipinski definition) is 3. The summed E-state index contributed by atoms with van der Waals surface area (Å²) in [4.78, 5) is 4.09. The molecule has 0 radical (unpaired) electrons. The van der Waals surface area contributed by atoms with E-state index in [0.29, 0.717) is 22.9 Å². The van der Waals surface area contributed by atoms with E-state index < -0.39 is 10.0 Å². The van der Waals surface area contributed by atoms with Crippen molar-refractivity contribution < 1.29 is 8.42 Å². The number of aromatic nitrogens is 1. The smallest absolute Gasteiger partial charge is 0.242 e. The molecule has 0 aliphatic heterocycles. The Bertz CT molecular complexity index is 519. The highest BCUT2D eigenvalue weighted by Gasteiger charge is 2.23. The summed E-state index contributed by atoms with van der Waals surface area (Å²) in [6.45, 7) is 2.74. The second kappa shape index (κ2) is 5.67. The second-order valence-corrected chi connectivity index (χ2v) is 7.66. The minimum absolute atomic E-state index is 0.211. The van der Waals surface area contributed by atoms with E-state index in [2.05, 4.69) is 32.6 Å². The van der Waals surface area contributed by atoms with Gasteiger partial charge in [-0.2, -0.15) is 0 Å². The molecule has 1 aromatic rings. The topological polar surface area (TPSA) is 59.1 Å². The summed E-state index contributed by atoms with van der Waals surface area (Å²) in [5, 5.41) is 0. The van der Waals surface area contributed by atoms with Gasteiger partial charge < -0.3 is 0 Å². The standard InChI is InChI=1S/C12H17BrN2O2S/c1-9-2-3-10(4-9)6-15-18(16,17)12-5-11(13)7-14-8-12/h5,7-10,15H,2-4,6H2,1H3. The van der Waals surface area contributed by atoms with Gasteiger partial charge in [-0.3, -0.25) is 4.98 Å². The SMILES string of the molecule is CC1CCC(CNS(=O)(=O)c2cncc(Br)c2)C1. The number of sulfonamides is 1. The van der Waals surface area contributed by atoms with Crippen LogP contribution in [0.15, 0.2) is 27.8 Å². The fourth-order valence-electron chi connectivity index (χ4n) is 2.36. The van der Waals surface area contributed by atoms with Gasteiger partial charge >= 0.3 is 0 Å². The summed E-state index contributed by atoms with van der Waals surface area (Å²) >= 11 is 3.23. The highest BCUT2D eigenvalue weighted by molar-refractivity contribution is 9.10. The Morgan fingerprint density at radius 2 is 2.22 bits per heavy atom. The molecule has 1 aliphatic rings. The summed E-state index contributed by atoms with van der Waals surface area (Å²) < 4.78 is 27.4. The first kappa shape index (κ1) is 14.0. The van der Waals surface area contributed by atoms with Crippen molar-refractivity contribution in [3.05, 3.63) is 22.9 Å². The van der Waals surface area contributed by atoms with Crippen molar-refractivity contribution >= 4 is 26.0 Å². The zero-order valence-electron chi connectivity index (χ0n) is 10.3. The molecular formula is C12H17BrN2O2S. The molecule has 0 bridgehead atoms. The fraction of sp³-hybridized carbons (Fsp3) is 0.583. The van der Waals surface area contributed by atoms with E-state index in [1.165, 1.54) is 12.6 Å². The summed E-state index contributed by atoms with van der Waals surface area (Å²) in [5.41, 5.74) is 0. The Balaban J connectivity index is 1.99. The average molecular weight is 333 g/mol. The van der Waals surface area contributed by atoms with Gasteiger partial charge in [0, 0.05) is 23.4 Å². The molecule has 100 valence electrons. The van der Waals surface area contributed by atoms with Crippen molar-refractivity contribution in [1.82, 2.24) is 9.71 Å². The van der Waals surface area contributed by atoms with E-state index in [1.54, 1.807) is 12.3 Å². The maximum atomic E-state index is 12.1. The molecule has 1 heterocycles. The Kier molecular flexibility index (Phi) is 4.40. The molecule has 0 amide bonds. The number of pyridine rings is 1. The van der Waals surface area contributed by atoms with Crippen molar-refractivity contribution in [3.63, 3.8) is 0 Å². The first-order valence-electron chi connectivity index (χ1n) is 6.07. The highest BCUT2D eigenvalue weighted by Crippen LogP contribution is 2.29. The van der Waals surface area contributed by atoms with Crippen LogP contribution in [-0.4, -0.2) is 19.9 Å². The van der Waals surface area contributed by atoms with Gasteiger partial charge in [0.05, 0.1) is 0 Å². The number of nitrogens with zero attached hydrogens (tertiary/aromatic N) is 1. The minimum atomic E-state index is -3.43. The average Bonchev–Trinajstić information content (AvgIpc) is 2.73. The van der Waals surface area contributed by atoms with Gasteiger partial charge in [-0.25, -0.2) is 13.1 Å². The Hall–Kier alpha value is -0.460. The largest absolute Gasteiger partial charge is 0.262 e. The number of hydrogen-bond donors (Lipinski definition) is 1. The summed E-state index contributed by atoms with van der Waals surface area (Å²) in [6, 6.07) is 1.56. The normalized spacial score (nSPS) is 24.3. The number of rotatable bonds is 4. The van der Waals surface area contributed by atoms with Crippen molar-refractivity contribution in [1.29, 1.82) is 0 Å². The zero-order chi connectivity index (χ0) is 13.2. The molecular weight excluding hydrogens is 316 g/mol. The van der Waals surface area contributed by atoms with Crippen molar-refractivity contribution in [3.8, 4) is 0 Å². The van der Waals surface area contributed by atoms with Gasteiger partial charge in [0.1, 0.15) is 4.90 Å². The maximum Gasteiger partial charge on any atom is 0.242 e. The van der Waals surface area contributed by atoms with Crippen LogP contribution < -0.4 is 4.72 Å². The van der Waals surface area contributed by atoms with E-state index in [0.717, 1.165) is 12.8 Å². The summed E-state index contributed by atoms with van der Waals surface area (Å²) in [5.74, 6) is 1.18. The van der Waals surface area contributed by atoms with Crippen LogP contribution in [0.3, 0.4) is 0 Å². The molecule has 2 rings (SSSR count). The van der Waals surface area contributed by atoms with Crippen LogP contribution in [0.5, 0.6) is 0 Å². The molecule has 1 fully saturated rings. The van der Waals surface area contributed by atoms with Gasteiger partial charge in [0.2, 0.25) is 10.0 Å². The van der Waals surface area contributed by atoms with Gasteiger partial charge in [0.25, 0.3) is 0 Å².